The van der Waals surface area contributed by atoms with E-state index in [1.807, 2.05) is 0 Å². The first-order chi connectivity index (χ1) is 27.4. The summed E-state index contributed by atoms with van der Waals surface area (Å²) < 4.78 is 12.7. The molecule has 272 valence electrons. The average Bonchev–Trinajstić information content (AvgIpc) is 4.09. The third kappa shape index (κ3) is 3.52. The largest absolute Gasteiger partial charge is 0.546 e. The maximum absolute atomic E-state index is 12.0. The van der Waals surface area contributed by atoms with Crippen molar-refractivity contribution in [1.29, 1.82) is 0 Å². The predicted octanol–water partition coefficient (Wildman–Crippen LogP) is 7.02. The third-order valence-corrected chi connectivity index (χ3v) is 15.6. The number of aliphatic carboxylic acids is 2. The highest BCUT2D eigenvalue weighted by molar-refractivity contribution is 6.00. The van der Waals surface area contributed by atoms with Crippen LogP contribution in [0, 0.1) is 0 Å². The number of hydrogen-bond acceptors (Lipinski definition) is 6. The van der Waals surface area contributed by atoms with Crippen molar-refractivity contribution >= 4 is 22.7 Å². The highest BCUT2D eigenvalue weighted by Crippen LogP contribution is 2.68. The number of carboxylic acid groups (broad SMARTS) is 2. The lowest BCUT2D eigenvalue weighted by atomic mass is 9.76. The van der Waals surface area contributed by atoms with Crippen LogP contribution in [0.25, 0.3) is 10.8 Å². The molecule has 0 aromatic heterocycles. The van der Waals surface area contributed by atoms with Gasteiger partial charge in [-0.05, 0) is 116 Å². The lowest BCUT2D eigenvalue weighted by Crippen LogP contribution is -2.30. The summed E-state index contributed by atoms with van der Waals surface area (Å²) in [6, 6.07) is 32.1. The van der Waals surface area contributed by atoms with E-state index in [2.05, 4.69) is 84.9 Å². The van der Waals surface area contributed by atoms with Crippen LogP contribution in [0.3, 0.4) is 0 Å². The third-order valence-electron chi connectivity index (χ3n) is 15.6. The summed E-state index contributed by atoms with van der Waals surface area (Å²) in [5.41, 5.74) is 21.3. The van der Waals surface area contributed by atoms with Gasteiger partial charge in [0.05, 0.1) is 11.9 Å². The first kappa shape index (κ1) is 30.4. The fraction of sp³-hybridized carbons (Fsp3) is 0.280. The van der Waals surface area contributed by atoms with Crippen molar-refractivity contribution in [2.75, 3.05) is 13.2 Å². The second-order valence-corrected chi connectivity index (χ2v) is 17.7. The minimum atomic E-state index is -1.28. The van der Waals surface area contributed by atoms with Gasteiger partial charge in [0.15, 0.2) is 0 Å². The highest BCUT2D eigenvalue weighted by atomic mass is 16.5. The first-order valence-electron chi connectivity index (χ1n) is 20.3. The summed E-state index contributed by atoms with van der Waals surface area (Å²) in [4.78, 5) is 24.1. The molecule has 14 rings (SSSR count). The molecule has 0 amide bonds. The molecule has 0 N–H and O–H groups in total. The molecule has 8 bridgehead atoms. The van der Waals surface area contributed by atoms with E-state index in [-0.39, 0.29) is 23.7 Å². The van der Waals surface area contributed by atoms with E-state index in [9.17, 15) is 19.8 Å². The number of ether oxygens (including phenoxy) is 2. The maximum atomic E-state index is 12.0. The van der Waals surface area contributed by atoms with Gasteiger partial charge in [-0.2, -0.15) is 0 Å². The van der Waals surface area contributed by atoms with E-state index in [1.54, 1.807) is 0 Å². The molecule has 6 aromatic rings. The monoisotopic (exact) mass is 730 g/mol. The van der Waals surface area contributed by atoms with Crippen molar-refractivity contribution in [2.45, 2.75) is 73.0 Å². The van der Waals surface area contributed by atoms with E-state index in [0.29, 0.717) is 35.2 Å². The van der Waals surface area contributed by atoms with E-state index < -0.39 is 25.2 Å². The van der Waals surface area contributed by atoms with Gasteiger partial charge in [0.1, 0.15) is 24.7 Å². The normalized spacial score (nSPS) is 27.1. The first-order valence-corrected chi connectivity index (χ1v) is 20.3. The van der Waals surface area contributed by atoms with Crippen molar-refractivity contribution in [3.05, 3.63) is 174 Å². The molecule has 0 spiro atoms. The van der Waals surface area contributed by atoms with Crippen molar-refractivity contribution < 1.29 is 29.3 Å². The van der Waals surface area contributed by atoms with Crippen LogP contribution < -0.4 is 19.7 Å². The minimum Gasteiger partial charge on any atom is -0.546 e. The van der Waals surface area contributed by atoms with Crippen molar-refractivity contribution in [2.24, 2.45) is 0 Å². The van der Waals surface area contributed by atoms with Crippen LogP contribution in [0.15, 0.2) is 84.9 Å². The molecule has 56 heavy (non-hydrogen) atoms. The summed E-state index contributed by atoms with van der Waals surface area (Å²) in [5.74, 6) is 0.646. The number of carbonyl (C=O) groups is 2. The van der Waals surface area contributed by atoms with E-state index in [1.165, 1.54) is 77.9 Å². The fourth-order valence-electron chi connectivity index (χ4n) is 13.7. The number of benzene rings is 6. The molecule has 0 radical (unpaired) electrons. The Labute approximate surface area is 322 Å². The van der Waals surface area contributed by atoms with Gasteiger partial charge in [0.2, 0.25) is 0 Å². The molecule has 0 saturated heterocycles. The Hall–Kier alpha value is -5.88. The summed E-state index contributed by atoms with van der Waals surface area (Å²) in [6.45, 7) is -1.14. The van der Waals surface area contributed by atoms with Gasteiger partial charge in [-0.25, -0.2) is 0 Å². The van der Waals surface area contributed by atoms with Crippen LogP contribution in [0.2, 0.25) is 0 Å². The number of carboxylic acids is 2. The van der Waals surface area contributed by atoms with Crippen LogP contribution >= 0.6 is 0 Å². The topological polar surface area (TPSA) is 98.7 Å². The van der Waals surface area contributed by atoms with Crippen LogP contribution in [0.1, 0.15) is 162 Å². The summed E-state index contributed by atoms with van der Waals surface area (Å²) >= 11 is 0. The molecular weight excluding hydrogens is 697 g/mol. The Morgan fingerprint density at radius 3 is 1.00 bits per heavy atom. The molecule has 0 saturated carbocycles. The van der Waals surface area contributed by atoms with Crippen molar-refractivity contribution in [3.63, 3.8) is 0 Å². The number of fused-ring (bicyclic) bond motifs is 33. The Bertz CT molecular complexity index is 2710. The second-order valence-electron chi connectivity index (χ2n) is 17.7. The summed E-state index contributed by atoms with van der Waals surface area (Å²) in [5, 5.41) is 25.6. The Morgan fingerprint density at radius 2 is 0.679 bits per heavy atom. The van der Waals surface area contributed by atoms with E-state index in [4.69, 9.17) is 9.47 Å². The fourth-order valence-corrected chi connectivity index (χ4v) is 13.7. The zero-order chi connectivity index (χ0) is 36.9. The molecule has 0 aliphatic heterocycles. The molecule has 8 aliphatic carbocycles. The smallest absolute Gasteiger partial charge is 0.132 e. The van der Waals surface area contributed by atoms with Gasteiger partial charge >= 0.3 is 0 Å². The molecule has 8 atom stereocenters. The maximum Gasteiger partial charge on any atom is 0.132 e. The lowest BCUT2D eigenvalue weighted by Gasteiger charge is -2.30. The van der Waals surface area contributed by atoms with Crippen LogP contribution in [0.4, 0.5) is 0 Å². The van der Waals surface area contributed by atoms with Crippen LogP contribution in [-0.4, -0.2) is 25.2 Å². The van der Waals surface area contributed by atoms with Crippen molar-refractivity contribution in [3.8, 4) is 11.5 Å². The number of rotatable bonds is 6. The average molecular weight is 731 g/mol. The zero-order valence-electron chi connectivity index (χ0n) is 30.4. The predicted molar refractivity (Wildman–Crippen MR) is 204 cm³/mol. The Morgan fingerprint density at radius 1 is 0.411 bits per heavy atom. The summed E-state index contributed by atoms with van der Waals surface area (Å²) in [6.07, 6.45) is 4.04. The summed E-state index contributed by atoms with van der Waals surface area (Å²) in [7, 11) is 0. The molecule has 6 nitrogen and oxygen atoms in total. The molecule has 6 aromatic carbocycles. The highest BCUT2D eigenvalue weighted by Gasteiger charge is 2.51. The van der Waals surface area contributed by atoms with Crippen LogP contribution in [-0.2, 0) is 9.59 Å². The standard InChI is InChI=1S/C50H36O6/c51-45(52)19-55-49-43-16-37-35-13-36(34-12-30-26-9-25(29(30)11-33(34)35)21-5-1-2-6-22(21)26)38(37)17-44(43)50(56-20-46(53)54)48-42-18-41(47(48)49)39-14-31-27-10-28(32(31)15-40(39)42)24-8-4-3-7-23(24)27/h1-8,11-12,14-17,25-28,35-36,41-42H,9-10,13,18-20H2,(H,51,52)(H,53,54)/p-2/t25-,26+,27+,28-,35-,36+,41+,42-. The van der Waals surface area contributed by atoms with Gasteiger partial charge in [0, 0.05) is 69.2 Å². The minimum absolute atomic E-state index is 0.0255. The SMILES string of the molecule is O=C([O-])COc1c2c(c(OCC(=O)[O-])c3cc4c(cc13)[C@H]1C[C@@H]4c3cc4c(cc31)[C@H]1C[C@@H]4c3ccccc31)[C@H]1C[C@@H]2c2cc3c(cc21)[C@H]1C[C@@H]3c2ccccc21. The Balaban J connectivity index is 0.955. The number of carbonyl (C=O) groups excluding carboxylic acids is 2. The van der Waals surface area contributed by atoms with Gasteiger partial charge in [-0.15, -0.1) is 0 Å². The molecule has 8 aliphatic rings. The quantitative estimate of drug-likeness (QED) is 0.183. The van der Waals surface area contributed by atoms with E-state index in [0.717, 1.165) is 47.6 Å². The van der Waals surface area contributed by atoms with Gasteiger partial charge in [-0.3, -0.25) is 0 Å². The van der Waals surface area contributed by atoms with Crippen molar-refractivity contribution in [1.82, 2.24) is 0 Å². The molecular formula is C50H34O6-2. The Kier molecular flexibility index (Phi) is 5.47. The van der Waals surface area contributed by atoms with Gasteiger partial charge < -0.3 is 29.3 Å². The molecule has 0 heterocycles. The van der Waals surface area contributed by atoms with Gasteiger partial charge in [-0.1, -0.05) is 72.8 Å². The van der Waals surface area contributed by atoms with Gasteiger partial charge in [0.25, 0.3) is 0 Å². The molecule has 0 unspecified atom stereocenters. The lowest BCUT2D eigenvalue weighted by molar-refractivity contribution is -0.308. The number of hydrogen-bond donors (Lipinski definition) is 0. The molecule has 0 fully saturated rings. The second kappa shape index (κ2) is 10.1. The van der Waals surface area contributed by atoms with Crippen LogP contribution in [0.5, 0.6) is 11.5 Å². The molecule has 6 heteroatoms. The van der Waals surface area contributed by atoms with E-state index >= 15 is 0 Å². The zero-order valence-corrected chi connectivity index (χ0v) is 30.4.